The molecule has 0 nitrogen and oxygen atoms in total. The first-order valence-corrected chi connectivity index (χ1v) is 3.00. The van der Waals surface area contributed by atoms with Crippen molar-refractivity contribution in [2.24, 2.45) is 0 Å². The van der Waals surface area contributed by atoms with Crippen LogP contribution in [-0.2, 0) is 0 Å². The van der Waals surface area contributed by atoms with Crippen LogP contribution in [0.25, 0.3) is 0 Å². The molecule has 0 aliphatic heterocycles. The SMILES string of the molecule is P.[CH3][Sb].[SiH3]. The van der Waals surface area contributed by atoms with E-state index in [0.717, 1.165) is 0 Å². The first kappa shape index (κ1) is 17.9. The van der Waals surface area contributed by atoms with E-state index >= 15 is 0 Å². The van der Waals surface area contributed by atoms with E-state index in [-0.39, 0.29) is 20.9 Å². The van der Waals surface area contributed by atoms with E-state index in [2.05, 4.69) is 4.87 Å². The Kier molecular flexibility index (Phi) is 112. The largest absolute Gasteiger partial charge is 0.0125 e. The summed E-state index contributed by atoms with van der Waals surface area (Å²) in [5.74, 6) is 0. The summed E-state index contributed by atoms with van der Waals surface area (Å²) < 4.78 is 0. The second-order valence-corrected chi connectivity index (χ2v) is 0. The molecule has 27 valence electrons. The van der Waals surface area contributed by atoms with Gasteiger partial charge in [0.15, 0.2) is 0 Å². The molecule has 0 fully saturated rings. The Hall–Kier alpha value is 1.47. The molecular formula is CH9PSbSi. The van der Waals surface area contributed by atoms with Crippen LogP contribution < -0.4 is 0 Å². The van der Waals surface area contributed by atoms with Crippen LogP contribution in [0.15, 0.2) is 0 Å². The summed E-state index contributed by atoms with van der Waals surface area (Å²) in [6.07, 6.45) is 0. The number of rotatable bonds is 0. The Bertz CT molecular complexity index is 8.00. The Balaban J connectivity index is -0.00000000500. The maximum Gasteiger partial charge on any atom is -0.0125 e. The maximum absolute atomic E-state index is 2.05. The fraction of sp³-hybridized carbons (Fsp3) is 1.00. The molecule has 0 N–H and O–H groups in total. The third-order valence-corrected chi connectivity index (χ3v) is 0. The molecule has 1 atom stereocenters. The van der Waals surface area contributed by atoms with Crippen molar-refractivity contribution in [2.45, 2.75) is 4.87 Å². The van der Waals surface area contributed by atoms with Gasteiger partial charge >= 0.3 is 27.9 Å². The van der Waals surface area contributed by atoms with Crippen LogP contribution in [0.1, 0.15) is 0 Å². The molecule has 0 aromatic rings. The standard InChI is InChI=1S/CH3.H3P.Sb.H3Si/h2*1H3;;1H3. The Morgan fingerprint density at radius 1 is 1.25 bits per heavy atom. The molecule has 0 saturated heterocycles. The smallest absolute Gasteiger partial charge is 0.0125 e. The molecule has 1 unspecified atom stereocenters. The summed E-state index contributed by atoms with van der Waals surface area (Å²) in [5.41, 5.74) is 0. The van der Waals surface area contributed by atoms with E-state index in [9.17, 15) is 0 Å². The molecule has 3 radical (unpaired) electrons. The van der Waals surface area contributed by atoms with Gasteiger partial charge in [0.05, 0.1) is 0 Å². The zero-order chi connectivity index (χ0) is 2.00. The van der Waals surface area contributed by atoms with Crippen LogP contribution in [0.3, 0.4) is 0 Å². The Morgan fingerprint density at radius 2 is 1.25 bits per heavy atom. The average Bonchev–Trinajstić information content (AvgIpc) is 1.00. The predicted octanol–water partition coefficient (Wildman–Crippen LogP) is -0.923. The molecule has 0 bridgehead atoms. The predicted molar refractivity (Wildman–Crippen MR) is 32.7 cm³/mol. The zero-order valence-corrected chi connectivity index (χ0v) is 9.12. The molecule has 0 aliphatic carbocycles. The summed E-state index contributed by atoms with van der Waals surface area (Å²) in [6, 6.07) is 0. The van der Waals surface area contributed by atoms with Gasteiger partial charge in [-0.1, -0.05) is 0 Å². The molecule has 0 saturated carbocycles. The molecule has 0 aromatic heterocycles. The van der Waals surface area contributed by atoms with Crippen molar-refractivity contribution in [2.75, 3.05) is 0 Å². The molecule has 0 amide bonds. The van der Waals surface area contributed by atoms with E-state index in [4.69, 9.17) is 0 Å². The van der Waals surface area contributed by atoms with Crippen molar-refractivity contribution < 1.29 is 0 Å². The van der Waals surface area contributed by atoms with Gasteiger partial charge in [-0.15, -0.1) is 0 Å². The van der Waals surface area contributed by atoms with Crippen LogP contribution in [-0.4, -0.2) is 34.0 Å². The zero-order valence-electron chi connectivity index (χ0n) is 3.15. The van der Waals surface area contributed by atoms with Crippen molar-refractivity contribution in [1.82, 2.24) is 0 Å². The van der Waals surface area contributed by atoms with E-state index in [1.54, 1.807) is 23.0 Å². The quantitative estimate of drug-likeness (QED) is 0.352. The Morgan fingerprint density at radius 3 is 1.25 bits per heavy atom. The van der Waals surface area contributed by atoms with Gasteiger partial charge in [-0.2, -0.15) is 9.90 Å². The normalized spacial score (nSPS) is 1.50. The fourth-order valence-corrected chi connectivity index (χ4v) is 0. The summed E-state index contributed by atoms with van der Waals surface area (Å²) in [4.78, 5) is 2.05. The molecule has 0 aliphatic rings. The minimum Gasteiger partial charge on any atom is -0.0125 e. The van der Waals surface area contributed by atoms with Crippen LogP contribution in [0.4, 0.5) is 0 Å². The van der Waals surface area contributed by atoms with Crippen molar-refractivity contribution in [1.29, 1.82) is 0 Å². The summed E-state index contributed by atoms with van der Waals surface area (Å²) in [7, 11) is 0. The third kappa shape index (κ3) is 9.81. The van der Waals surface area contributed by atoms with Crippen LogP contribution in [0, 0.1) is 0 Å². The summed E-state index contributed by atoms with van der Waals surface area (Å²) >= 11 is 1.75. The third-order valence-electron chi connectivity index (χ3n) is 0. The van der Waals surface area contributed by atoms with Gasteiger partial charge in [0.25, 0.3) is 0 Å². The molecule has 0 spiro atoms. The van der Waals surface area contributed by atoms with Crippen molar-refractivity contribution in [3.63, 3.8) is 0 Å². The molecule has 0 rings (SSSR count). The first-order valence-electron chi connectivity index (χ1n) is 0.447. The van der Waals surface area contributed by atoms with E-state index < -0.39 is 0 Å². The van der Waals surface area contributed by atoms with Gasteiger partial charge in [-0.05, 0) is 11.0 Å². The Labute approximate surface area is 48.9 Å². The maximum atomic E-state index is 2.05. The summed E-state index contributed by atoms with van der Waals surface area (Å²) in [5, 5.41) is 0. The van der Waals surface area contributed by atoms with Gasteiger partial charge in [0.1, 0.15) is 0 Å². The fourth-order valence-electron chi connectivity index (χ4n) is 0. The number of hydrogen-bond acceptors (Lipinski definition) is 0. The molecule has 0 aromatic carbocycles. The second-order valence-electron chi connectivity index (χ2n) is 0. The van der Waals surface area contributed by atoms with Crippen LogP contribution in [0.2, 0.25) is 4.87 Å². The second kappa shape index (κ2) is 25.0. The van der Waals surface area contributed by atoms with E-state index in [0.29, 0.717) is 0 Å². The van der Waals surface area contributed by atoms with Crippen molar-refractivity contribution in [3.05, 3.63) is 0 Å². The van der Waals surface area contributed by atoms with Gasteiger partial charge in [-0.25, -0.2) is 0 Å². The molecular weight excluding hydrogens is 193 g/mol. The van der Waals surface area contributed by atoms with Crippen LogP contribution >= 0.6 is 9.90 Å². The van der Waals surface area contributed by atoms with Gasteiger partial charge in [0.2, 0.25) is 0 Å². The summed E-state index contributed by atoms with van der Waals surface area (Å²) in [6.45, 7) is 0. The monoisotopic (exact) mass is 201 g/mol. The van der Waals surface area contributed by atoms with Gasteiger partial charge in [0, 0.05) is 0 Å². The topological polar surface area (TPSA) is 0 Å². The molecule has 3 heteroatoms. The number of hydrogen-bond donors (Lipinski definition) is 0. The minimum absolute atomic E-state index is 0. The van der Waals surface area contributed by atoms with Crippen LogP contribution in [0.5, 0.6) is 0 Å². The van der Waals surface area contributed by atoms with E-state index in [1.807, 2.05) is 0 Å². The molecule has 4 heavy (non-hydrogen) atoms. The van der Waals surface area contributed by atoms with Crippen molar-refractivity contribution >= 4 is 43.9 Å². The minimum atomic E-state index is 0. The van der Waals surface area contributed by atoms with Gasteiger partial charge < -0.3 is 0 Å². The average molecular weight is 202 g/mol. The molecule has 0 heterocycles. The first-order chi connectivity index (χ1) is 1.00. The van der Waals surface area contributed by atoms with Crippen molar-refractivity contribution in [3.8, 4) is 0 Å². The van der Waals surface area contributed by atoms with Gasteiger partial charge in [-0.3, -0.25) is 0 Å². The van der Waals surface area contributed by atoms with E-state index in [1.165, 1.54) is 0 Å².